The SMILES string of the molecule is CCCCCCCCCCCCCCCC(=O)NC(CCSC)C(=O)O. The van der Waals surface area contributed by atoms with E-state index in [9.17, 15) is 9.59 Å². The van der Waals surface area contributed by atoms with Crippen LogP contribution in [0, 0.1) is 0 Å². The Labute approximate surface area is 165 Å². The predicted molar refractivity (Wildman–Crippen MR) is 113 cm³/mol. The maximum absolute atomic E-state index is 11.8. The molecule has 0 fully saturated rings. The number of carbonyl (C=O) groups excluding carboxylic acids is 1. The van der Waals surface area contributed by atoms with E-state index in [1.165, 1.54) is 70.6 Å². The van der Waals surface area contributed by atoms with Crippen LogP contribution in [-0.2, 0) is 9.59 Å². The second-order valence-corrected chi connectivity index (χ2v) is 8.22. The number of nitrogens with one attached hydrogen (secondary N) is 1. The summed E-state index contributed by atoms with van der Waals surface area (Å²) in [6, 6.07) is -0.739. The highest BCUT2D eigenvalue weighted by atomic mass is 32.2. The fraction of sp³-hybridized carbons (Fsp3) is 0.905. The molecule has 1 amide bonds. The molecule has 2 N–H and O–H groups in total. The fourth-order valence-electron chi connectivity index (χ4n) is 3.06. The molecule has 4 nitrogen and oxygen atoms in total. The van der Waals surface area contributed by atoms with Crippen LogP contribution in [0.2, 0.25) is 0 Å². The fourth-order valence-corrected chi connectivity index (χ4v) is 3.53. The van der Waals surface area contributed by atoms with E-state index >= 15 is 0 Å². The quantitative estimate of drug-likeness (QED) is 0.275. The lowest BCUT2D eigenvalue weighted by Gasteiger charge is -2.13. The summed E-state index contributed by atoms with van der Waals surface area (Å²) in [7, 11) is 0. The minimum absolute atomic E-state index is 0.124. The van der Waals surface area contributed by atoms with Crippen molar-refractivity contribution < 1.29 is 14.7 Å². The number of hydrogen-bond donors (Lipinski definition) is 2. The highest BCUT2D eigenvalue weighted by Crippen LogP contribution is 2.13. The van der Waals surface area contributed by atoms with Crippen LogP contribution in [0.1, 0.15) is 103 Å². The first-order valence-electron chi connectivity index (χ1n) is 10.6. The van der Waals surface area contributed by atoms with Gasteiger partial charge in [-0.2, -0.15) is 11.8 Å². The number of aliphatic carboxylic acids is 1. The van der Waals surface area contributed by atoms with Crippen molar-refractivity contribution in [2.45, 2.75) is 109 Å². The molecule has 26 heavy (non-hydrogen) atoms. The zero-order valence-corrected chi connectivity index (χ0v) is 17.9. The number of carboxylic acid groups (broad SMARTS) is 1. The lowest BCUT2D eigenvalue weighted by molar-refractivity contribution is -0.141. The molecule has 0 aromatic rings. The first-order valence-corrected chi connectivity index (χ1v) is 12.0. The zero-order chi connectivity index (χ0) is 19.5. The summed E-state index contributed by atoms with van der Waals surface area (Å²) >= 11 is 1.60. The van der Waals surface area contributed by atoms with Gasteiger partial charge in [-0.15, -0.1) is 0 Å². The standard InChI is InChI=1S/C21H41NO3S/c1-3-4-5-6-7-8-9-10-11-12-13-14-15-16-20(23)22-19(21(24)25)17-18-26-2/h19H,3-18H2,1-2H3,(H,22,23)(H,24,25). The van der Waals surface area contributed by atoms with Crippen LogP contribution in [0.15, 0.2) is 0 Å². The van der Waals surface area contributed by atoms with Crippen molar-refractivity contribution in [3.8, 4) is 0 Å². The van der Waals surface area contributed by atoms with Crippen molar-refractivity contribution in [3.05, 3.63) is 0 Å². The summed E-state index contributed by atoms with van der Waals surface area (Å²) in [6.07, 6.45) is 19.5. The van der Waals surface area contributed by atoms with Gasteiger partial charge in [0.1, 0.15) is 6.04 Å². The Morgan fingerprint density at radius 3 is 1.73 bits per heavy atom. The first-order chi connectivity index (χ1) is 12.6. The molecular formula is C21H41NO3S. The van der Waals surface area contributed by atoms with Crippen molar-refractivity contribution in [2.75, 3.05) is 12.0 Å². The van der Waals surface area contributed by atoms with Gasteiger partial charge < -0.3 is 10.4 Å². The van der Waals surface area contributed by atoms with Gasteiger partial charge in [-0.1, -0.05) is 84.0 Å². The predicted octanol–water partition coefficient (Wildman–Crippen LogP) is 5.79. The lowest BCUT2D eigenvalue weighted by Crippen LogP contribution is -2.41. The minimum Gasteiger partial charge on any atom is -0.480 e. The molecular weight excluding hydrogens is 346 g/mol. The smallest absolute Gasteiger partial charge is 0.326 e. The number of hydrogen-bond acceptors (Lipinski definition) is 3. The van der Waals surface area contributed by atoms with Gasteiger partial charge in [0, 0.05) is 6.42 Å². The Balaban J connectivity index is 3.43. The third-order valence-corrected chi connectivity index (χ3v) is 5.40. The van der Waals surface area contributed by atoms with Crippen LogP contribution in [0.3, 0.4) is 0 Å². The molecule has 0 spiro atoms. The van der Waals surface area contributed by atoms with E-state index in [1.54, 1.807) is 11.8 Å². The summed E-state index contributed by atoms with van der Waals surface area (Å²) in [5.41, 5.74) is 0. The number of rotatable bonds is 19. The van der Waals surface area contributed by atoms with Gasteiger partial charge in [-0.25, -0.2) is 4.79 Å². The topological polar surface area (TPSA) is 66.4 Å². The van der Waals surface area contributed by atoms with Crippen LogP contribution >= 0.6 is 11.8 Å². The number of thioether (sulfide) groups is 1. The van der Waals surface area contributed by atoms with Gasteiger partial charge in [0.2, 0.25) is 5.91 Å². The molecule has 0 aromatic carbocycles. The maximum atomic E-state index is 11.8. The Bertz CT molecular complexity index is 350. The Kier molecular flexibility index (Phi) is 18.5. The lowest BCUT2D eigenvalue weighted by atomic mass is 10.0. The first kappa shape index (κ1) is 25.3. The van der Waals surface area contributed by atoms with Crippen molar-refractivity contribution >= 4 is 23.6 Å². The molecule has 0 saturated heterocycles. The zero-order valence-electron chi connectivity index (χ0n) is 17.1. The monoisotopic (exact) mass is 387 g/mol. The molecule has 0 radical (unpaired) electrons. The van der Waals surface area contributed by atoms with E-state index in [0.717, 1.165) is 18.6 Å². The second-order valence-electron chi connectivity index (χ2n) is 7.23. The molecule has 0 heterocycles. The van der Waals surface area contributed by atoms with Gasteiger partial charge in [-0.05, 0) is 24.9 Å². The molecule has 1 atom stereocenters. The molecule has 5 heteroatoms. The van der Waals surface area contributed by atoms with Crippen LogP contribution < -0.4 is 5.32 Å². The average Bonchev–Trinajstić information content (AvgIpc) is 2.62. The summed E-state index contributed by atoms with van der Waals surface area (Å²) in [4.78, 5) is 22.9. The van der Waals surface area contributed by atoms with Crippen molar-refractivity contribution in [1.82, 2.24) is 5.32 Å². The summed E-state index contributed by atoms with van der Waals surface area (Å²) in [5, 5.41) is 11.8. The normalized spacial score (nSPS) is 12.1. The third-order valence-electron chi connectivity index (χ3n) is 4.75. The van der Waals surface area contributed by atoms with E-state index in [0.29, 0.717) is 12.8 Å². The maximum Gasteiger partial charge on any atom is 0.326 e. The van der Waals surface area contributed by atoms with E-state index in [-0.39, 0.29) is 5.91 Å². The van der Waals surface area contributed by atoms with Gasteiger partial charge in [0.05, 0.1) is 0 Å². The highest BCUT2D eigenvalue weighted by molar-refractivity contribution is 7.98. The Hall–Kier alpha value is -0.710. The number of unbranched alkanes of at least 4 members (excludes halogenated alkanes) is 12. The van der Waals surface area contributed by atoms with Crippen LogP contribution in [-0.4, -0.2) is 35.0 Å². The molecule has 0 aliphatic rings. The largest absolute Gasteiger partial charge is 0.480 e. The minimum atomic E-state index is -0.933. The summed E-state index contributed by atoms with van der Waals surface area (Å²) in [6.45, 7) is 2.26. The third kappa shape index (κ3) is 16.7. The van der Waals surface area contributed by atoms with Gasteiger partial charge in [-0.3, -0.25) is 4.79 Å². The molecule has 0 saturated carbocycles. The van der Waals surface area contributed by atoms with Gasteiger partial charge in [0.25, 0.3) is 0 Å². The highest BCUT2D eigenvalue weighted by Gasteiger charge is 2.18. The van der Waals surface area contributed by atoms with Crippen molar-refractivity contribution in [2.24, 2.45) is 0 Å². The van der Waals surface area contributed by atoms with Crippen molar-refractivity contribution in [1.29, 1.82) is 0 Å². The average molecular weight is 388 g/mol. The van der Waals surface area contributed by atoms with Gasteiger partial charge in [0.15, 0.2) is 0 Å². The molecule has 0 aromatic heterocycles. The number of carboxylic acids is 1. The van der Waals surface area contributed by atoms with Crippen LogP contribution in [0.4, 0.5) is 0 Å². The summed E-state index contributed by atoms with van der Waals surface area (Å²) in [5.74, 6) is -0.310. The molecule has 154 valence electrons. The van der Waals surface area contributed by atoms with E-state index in [1.807, 2.05) is 6.26 Å². The van der Waals surface area contributed by atoms with Crippen molar-refractivity contribution in [3.63, 3.8) is 0 Å². The Morgan fingerprint density at radius 2 is 1.31 bits per heavy atom. The molecule has 0 aliphatic heterocycles. The Morgan fingerprint density at radius 1 is 0.846 bits per heavy atom. The van der Waals surface area contributed by atoms with E-state index in [4.69, 9.17) is 5.11 Å². The van der Waals surface area contributed by atoms with Crippen LogP contribution in [0.25, 0.3) is 0 Å². The van der Waals surface area contributed by atoms with Gasteiger partial charge >= 0.3 is 5.97 Å². The number of carbonyl (C=O) groups is 2. The van der Waals surface area contributed by atoms with E-state index in [2.05, 4.69) is 12.2 Å². The summed E-state index contributed by atoms with van der Waals surface area (Å²) < 4.78 is 0. The second kappa shape index (κ2) is 19.1. The van der Waals surface area contributed by atoms with Crippen LogP contribution in [0.5, 0.6) is 0 Å². The molecule has 0 rings (SSSR count). The molecule has 0 bridgehead atoms. The molecule has 1 unspecified atom stereocenters. The molecule has 0 aliphatic carbocycles. The number of amides is 1. The van der Waals surface area contributed by atoms with E-state index < -0.39 is 12.0 Å².